The van der Waals surface area contributed by atoms with Crippen molar-refractivity contribution in [2.24, 2.45) is 0 Å². The van der Waals surface area contributed by atoms with Crippen molar-refractivity contribution in [1.82, 2.24) is 15.5 Å². The number of rotatable bonds is 6. The van der Waals surface area contributed by atoms with Gasteiger partial charge >= 0.3 is 6.03 Å². The van der Waals surface area contributed by atoms with E-state index in [0.29, 0.717) is 11.7 Å². The Kier molecular flexibility index (Phi) is 6.42. The molecule has 0 spiro atoms. The van der Waals surface area contributed by atoms with E-state index in [4.69, 9.17) is 9.51 Å². The van der Waals surface area contributed by atoms with Gasteiger partial charge in [0.25, 0.3) is 5.89 Å². The van der Waals surface area contributed by atoms with E-state index in [1.54, 1.807) is 4.90 Å². The van der Waals surface area contributed by atoms with E-state index in [0.717, 1.165) is 52.1 Å². The number of aromatic nitrogens is 2. The van der Waals surface area contributed by atoms with E-state index >= 15 is 0 Å². The molecule has 1 aliphatic heterocycles. The van der Waals surface area contributed by atoms with Gasteiger partial charge in [-0.25, -0.2) is 4.79 Å². The van der Waals surface area contributed by atoms with E-state index in [1.807, 2.05) is 56.3 Å². The average Bonchev–Trinajstić information content (AvgIpc) is 3.38. The molecule has 36 heavy (non-hydrogen) atoms. The van der Waals surface area contributed by atoms with Gasteiger partial charge in [-0.1, -0.05) is 79.2 Å². The van der Waals surface area contributed by atoms with Crippen LogP contribution in [-0.2, 0) is 12.8 Å². The molecule has 2 heterocycles. The number of carbonyl (C=O) groups is 1. The minimum atomic E-state index is -0.417. The number of nitrogens with zero attached hydrogens (tertiary/aromatic N) is 3. The monoisotopic (exact) mass is 478 g/mol. The summed E-state index contributed by atoms with van der Waals surface area (Å²) in [4.78, 5) is 19.9. The van der Waals surface area contributed by atoms with E-state index < -0.39 is 6.04 Å². The van der Waals surface area contributed by atoms with Crippen molar-refractivity contribution >= 4 is 17.3 Å². The molecule has 1 atom stereocenters. The lowest BCUT2D eigenvalue weighted by atomic mass is 9.93. The Bertz CT molecular complexity index is 1440. The number of amides is 2. The maximum absolute atomic E-state index is 13.5. The maximum atomic E-state index is 13.5. The van der Waals surface area contributed by atoms with Gasteiger partial charge in [0.1, 0.15) is 0 Å². The number of aryl methyl sites for hydroxylation is 3. The van der Waals surface area contributed by atoms with Crippen LogP contribution in [0.5, 0.6) is 0 Å². The lowest BCUT2D eigenvalue weighted by molar-refractivity contribution is 0.244. The Labute approximate surface area is 211 Å². The summed E-state index contributed by atoms with van der Waals surface area (Å²) in [5.74, 6) is 0.913. The summed E-state index contributed by atoms with van der Waals surface area (Å²) >= 11 is 0. The zero-order chi connectivity index (χ0) is 25.2. The molecule has 0 aliphatic carbocycles. The number of nitrogens with one attached hydrogen (secondary N) is 1. The van der Waals surface area contributed by atoms with Crippen molar-refractivity contribution in [3.63, 3.8) is 0 Å². The molecule has 3 aromatic carbocycles. The molecule has 1 aromatic heterocycles. The van der Waals surface area contributed by atoms with Crippen molar-refractivity contribution in [1.29, 1.82) is 0 Å². The number of hydrogen-bond donors (Lipinski definition) is 1. The minimum absolute atomic E-state index is 0.188. The van der Waals surface area contributed by atoms with Gasteiger partial charge in [-0.2, -0.15) is 4.98 Å². The molecule has 6 heteroatoms. The zero-order valence-electron chi connectivity index (χ0n) is 21.1. The molecule has 0 fully saturated rings. The summed E-state index contributed by atoms with van der Waals surface area (Å²) in [6, 6.07) is 23.7. The fourth-order valence-corrected chi connectivity index (χ4v) is 4.68. The Hall–Kier alpha value is -4.19. The van der Waals surface area contributed by atoms with Crippen molar-refractivity contribution in [2.75, 3.05) is 4.90 Å². The van der Waals surface area contributed by atoms with Crippen LogP contribution in [-0.4, -0.2) is 16.2 Å². The normalized spacial score (nSPS) is 15.8. The molecule has 6 nitrogen and oxygen atoms in total. The fraction of sp³-hybridized carbons (Fsp3) is 0.233. The highest BCUT2D eigenvalue weighted by molar-refractivity contribution is 6.01. The summed E-state index contributed by atoms with van der Waals surface area (Å²) in [7, 11) is 0. The third-order valence-electron chi connectivity index (χ3n) is 6.72. The quantitative estimate of drug-likeness (QED) is 0.328. The predicted octanol–water partition coefficient (Wildman–Crippen LogP) is 6.87. The van der Waals surface area contributed by atoms with Gasteiger partial charge in [0.05, 0.1) is 17.3 Å². The van der Waals surface area contributed by atoms with Crippen LogP contribution in [0.1, 0.15) is 55.0 Å². The van der Waals surface area contributed by atoms with Crippen molar-refractivity contribution in [2.45, 2.75) is 46.6 Å². The molecular formula is C30H30N4O2. The third-order valence-corrected chi connectivity index (χ3v) is 6.72. The van der Waals surface area contributed by atoms with Gasteiger partial charge in [0.15, 0.2) is 0 Å². The van der Waals surface area contributed by atoms with Gasteiger partial charge < -0.3 is 9.84 Å². The van der Waals surface area contributed by atoms with Crippen LogP contribution in [0.4, 0.5) is 10.5 Å². The summed E-state index contributed by atoms with van der Waals surface area (Å²) < 4.78 is 5.83. The predicted molar refractivity (Wildman–Crippen MR) is 142 cm³/mol. The van der Waals surface area contributed by atoms with Crippen LogP contribution < -0.4 is 10.2 Å². The second-order valence-corrected chi connectivity index (χ2v) is 9.13. The van der Waals surface area contributed by atoms with Crippen LogP contribution in [0.25, 0.3) is 17.0 Å². The van der Waals surface area contributed by atoms with Gasteiger partial charge in [-0.05, 0) is 61.6 Å². The first-order valence-electron chi connectivity index (χ1n) is 12.4. The van der Waals surface area contributed by atoms with Crippen LogP contribution >= 0.6 is 0 Å². The molecule has 182 valence electrons. The van der Waals surface area contributed by atoms with Gasteiger partial charge in [-0.15, -0.1) is 0 Å². The first kappa shape index (κ1) is 23.5. The van der Waals surface area contributed by atoms with Crippen LogP contribution in [0.2, 0.25) is 0 Å². The first-order chi connectivity index (χ1) is 17.5. The van der Waals surface area contributed by atoms with Crippen molar-refractivity contribution in [3.05, 3.63) is 107 Å². The van der Waals surface area contributed by atoms with E-state index in [2.05, 4.69) is 54.7 Å². The summed E-state index contributed by atoms with van der Waals surface area (Å²) in [6.07, 6.45) is 1.83. The highest BCUT2D eigenvalue weighted by Gasteiger charge is 2.36. The third kappa shape index (κ3) is 4.42. The molecular weight excluding hydrogens is 448 g/mol. The number of allylic oxidation sites excluding steroid dienone is 1. The standard InChI is InChI=1S/C30H30N4O2/c1-5-21-13-15-23(16-14-21)27-26(29-32-28(33-36-29)24-11-7-9-19(3)17-24)20(4)34(30(35)31-27)25-12-8-10-22(6-2)18-25/h7-18,27H,5-6H2,1-4H3,(H,31,35). The molecule has 0 saturated carbocycles. The number of hydrogen-bond acceptors (Lipinski definition) is 4. The minimum Gasteiger partial charge on any atom is -0.334 e. The zero-order valence-corrected chi connectivity index (χ0v) is 21.1. The highest BCUT2D eigenvalue weighted by Crippen LogP contribution is 2.39. The fourth-order valence-electron chi connectivity index (χ4n) is 4.68. The summed E-state index contributed by atoms with van der Waals surface area (Å²) in [5.41, 5.74) is 7.72. The number of benzene rings is 3. The molecule has 5 rings (SSSR count). The number of carbonyl (C=O) groups excluding carboxylic acids is 1. The van der Waals surface area contributed by atoms with Gasteiger partial charge in [-0.3, -0.25) is 4.90 Å². The van der Waals surface area contributed by atoms with Crippen molar-refractivity contribution in [3.8, 4) is 11.4 Å². The molecule has 4 aromatic rings. The smallest absolute Gasteiger partial charge is 0.326 e. The lowest BCUT2D eigenvalue weighted by Gasteiger charge is -2.35. The van der Waals surface area contributed by atoms with Gasteiger partial charge in [0, 0.05) is 11.3 Å². The molecule has 0 bridgehead atoms. The SMILES string of the molecule is CCc1ccc(C2NC(=O)N(c3cccc(CC)c3)C(C)=C2c2nc(-c3cccc(C)c3)no2)cc1. The second kappa shape index (κ2) is 9.82. The van der Waals surface area contributed by atoms with Crippen LogP contribution in [0, 0.1) is 6.92 Å². The Balaban J connectivity index is 1.65. The van der Waals surface area contributed by atoms with E-state index in [9.17, 15) is 4.79 Å². The van der Waals surface area contributed by atoms with Crippen molar-refractivity contribution < 1.29 is 9.32 Å². The number of anilines is 1. The molecule has 1 aliphatic rings. The van der Waals surface area contributed by atoms with Crippen LogP contribution in [0.3, 0.4) is 0 Å². The largest absolute Gasteiger partial charge is 0.334 e. The Morgan fingerprint density at radius 1 is 0.917 bits per heavy atom. The Morgan fingerprint density at radius 3 is 2.39 bits per heavy atom. The van der Waals surface area contributed by atoms with E-state index in [1.165, 1.54) is 5.56 Å². The second-order valence-electron chi connectivity index (χ2n) is 9.13. The molecule has 0 saturated heterocycles. The molecule has 1 N–H and O–H groups in total. The first-order valence-corrected chi connectivity index (χ1v) is 12.4. The molecule has 1 unspecified atom stereocenters. The summed E-state index contributed by atoms with van der Waals surface area (Å²) in [5, 5.41) is 7.48. The van der Waals surface area contributed by atoms with E-state index in [-0.39, 0.29) is 6.03 Å². The Morgan fingerprint density at radius 2 is 1.67 bits per heavy atom. The lowest BCUT2D eigenvalue weighted by Crippen LogP contribution is -2.46. The molecule has 2 amide bonds. The average molecular weight is 479 g/mol. The highest BCUT2D eigenvalue weighted by atomic mass is 16.5. The van der Waals surface area contributed by atoms with Gasteiger partial charge in [0.2, 0.25) is 5.82 Å². The topological polar surface area (TPSA) is 71.3 Å². The number of urea groups is 1. The maximum Gasteiger partial charge on any atom is 0.326 e. The summed E-state index contributed by atoms with van der Waals surface area (Å²) in [6.45, 7) is 8.20. The van der Waals surface area contributed by atoms with Crippen LogP contribution in [0.15, 0.2) is 83.0 Å². The molecule has 0 radical (unpaired) electrons.